The van der Waals surface area contributed by atoms with Crippen LogP contribution in [0, 0.1) is 17.7 Å². The van der Waals surface area contributed by atoms with Gasteiger partial charge in [-0.2, -0.15) is 0 Å². The Balaban J connectivity index is 1.42. The Bertz CT molecular complexity index is 434. The molecule has 3 rings (SSSR count). The average molecular weight is 328 g/mol. The van der Waals surface area contributed by atoms with Crippen molar-refractivity contribution in [1.82, 2.24) is 5.32 Å². The summed E-state index contributed by atoms with van der Waals surface area (Å²) in [5, 5.41) is 3.59. The van der Waals surface area contributed by atoms with Crippen LogP contribution in [0.4, 0.5) is 4.39 Å². The van der Waals surface area contributed by atoms with Crippen molar-refractivity contribution in [3.05, 3.63) is 28.5 Å². The summed E-state index contributed by atoms with van der Waals surface area (Å²) in [5.41, 5.74) is 0. The third-order valence-electron chi connectivity index (χ3n) is 3.89. The van der Waals surface area contributed by atoms with Crippen molar-refractivity contribution in [3.63, 3.8) is 0 Å². The van der Waals surface area contributed by atoms with E-state index in [9.17, 15) is 4.39 Å². The molecule has 104 valence electrons. The standard InChI is InChI=1S/C15H19BrFNO/c16-12-5-6-14(13(17)9-12)19-8-7-18-15(10-1-2-10)11-3-4-11/h5-6,9-11,15,18H,1-4,7-8H2. The zero-order valence-corrected chi connectivity index (χ0v) is 12.5. The molecule has 0 saturated heterocycles. The number of nitrogens with one attached hydrogen (secondary N) is 1. The third-order valence-corrected chi connectivity index (χ3v) is 4.39. The number of halogens is 2. The molecule has 2 nitrogen and oxygen atoms in total. The van der Waals surface area contributed by atoms with E-state index in [-0.39, 0.29) is 5.82 Å². The fourth-order valence-corrected chi connectivity index (χ4v) is 2.94. The van der Waals surface area contributed by atoms with E-state index in [4.69, 9.17) is 4.74 Å². The summed E-state index contributed by atoms with van der Waals surface area (Å²) < 4.78 is 19.8. The van der Waals surface area contributed by atoms with Gasteiger partial charge in [0.2, 0.25) is 0 Å². The van der Waals surface area contributed by atoms with Gasteiger partial charge in [0.05, 0.1) is 0 Å². The topological polar surface area (TPSA) is 21.3 Å². The first kappa shape index (κ1) is 13.4. The maximum Gasteiger partial charge on any atom is 0.166 e. The van der Waals surface area contributed by atoms with Gasteiger partial charge in [-0.15, -0.1) is 0 Å². The van der Waals surface area contributed by atoms with Crippen molar-refractivity contribution >= 4 is 15.9 Å². The van der Waals surface area contributed by atoms with Crippen molar-refractivity contribution in [2.24, 2.45) is 11.8 Å². The average Bonchev–Trinajstić information content (AvgIpc) is 3.26. The number of benzene rings is 1. The highest BCUT2D eigenvalue weighted by molar-refractivity contribution is 9.10. The van der Waals surface area contributed by atoms with E-state index >= 15 is 0 Å². The molecule has 0 amide bonds. The highest BCUT2D eigenvalue weighted by Crippen LogP contribution is 2.44. The second-order valence-corrected chi connectivity index (χ2v) is 6.49. The van der Waals surface area contributed by atoms with E-state index < -0.39 is 0 Å². The summed E-state index contributed by atoms with van der Waals surface area (Å²) in [6, 6.07) is 5.57. The smallest absolute Gasteiger partial charge is 0.166 e. The molecule has 0 bridgehead atoms. The summed E-state index contributed by atoms with van der Waals surface area (Å²) in [4.78, 5) is 0. The molecule has 0 unspecified atom stereocenters. The fraction of sp³-hybridized carbons (Fsp3) is 0.600. The molecule has 2 saturated carbocycles. The van der Waals surface area contributed by atoms with Gasteiger partial charge in [0.25, 0.3) is 0 Å². The van der Waals surface area contributed by atoms with Crippen LogP contribution in [0.2, 0.25) is 0 Å². The molecule has 2 aliphatic rings. The Kier molecular flexibility index (Phi) is 4.08. The lowest BCUT2D eigenvalue weighted by molar-refractivity contribution is 0.282. The lowest BCUT2D eigenvalue weighted by atomic mass is 10.1. The van der Waals surface area contributed by atoms with Crippen molar-refractivity contribution in [2.45, 2.75) is 31.7 Å². The van der Waals surface area contributed by atoms with Gasteiger partial charge >= 0.3 is 0 Å². The largest absolute Gasteiger partial charge is 0.489 e. The van der Waals surface area contributed by atoms with Crippen LogP contribution in [0.15, 0.2) is 22.7 Å². The van der Waals surface area contributed by atoms with Crippen LogP contribution < -0.4 is 10.1 Å². The molecule has 0 aliphatic heterocycles. The Morgan fingerprint density at radius 2 is 1.95 bits per heavy atom. The third kappa shape index (κ3) is 3.69. The van der Waals surface area contributed by atoms with E-state index in [0.29, 0.717) is 18.4 Å². The molecule has 1 N–H and O–H groups in total. The summed E-state index contributed by atoms with van der Waals surface area (Å²) in [5.74, 6) is 1.79. The van der Waals surface area contributed by atoms with Crippen molar-refractivity contribution in [1.29, 1.82) is 0 Å². The summed E-state index contributed by atoms with van der Waals surface area (Å²) in [7, 11) is 0. The van der Waals surface area contributed by atoms with E-state index in [2.05, 4.69) is 21.2 Å². The Hall–Kier alpha value is -0.610. The van der Waals surface area contributed by atoms with Gasteiger partial charge in [0, 0.05) is 17.1 Å². The van der Waals surface area contributed by atoms with E-state index in [0.717, 1.165) is 22.9 Å². The second kappa shape index (κ2) is 5.80. The van der Waals surface area contributed by atoms with Crippen molar-refractivity contribution in [2.75, 3.05) is 13.2 Å². The molecule has 1 aromatic rings. The maximum absolute atomic E-state index is 13.5. The first-order valence-corrected chi connectivity index (χ1v) is 7.84. The van der Waals surface area contributed by atoms with Crippen molar-refractivity contribution < 1.29 is 9.13 Å². The molecule has 0 atom stereocenters. The van der Waals surface area contributed by atoms with Gasteiger partial charge in [-0.1, -0.05) is 15.9 Å². The van der Waals surface area contributed by atoms with Crippen molar-refractivity contribution in [3.8, 4) is 5.75 Å². The summed E-state index contributed by atoms with van der Waals surface area (Å²) in [6.45, 7) is 1.32. The van der Waals surface area contributed by atoms with Gasteiger partial charge in [0.15, 0.2) is 11.6 Å². The fourth-order valence-electron chi connectivity index (χ4n) is 2.61. The molecule has 19 heavy (non-hydrogen) atoms. The minimum atomic E-state index is -0.310. The molecular weight excluding hydrogens is 309 g/mol. The Labute approximate surface area is 121 Å². The quantitative estimate of drug-likeness (QED) is 0.770. The molecule has 2 aliphatic carbocycles. The highest BCUT2D eigenvalue weighted by atomic mass is 79.9. The lowest BCUT2D eigenvalue weighted by Crippen LogP contribution is -2.36. The first-order valence-electron chi connectivity index (χ1n) is 7.05. The SMILES string of the molecule is Fc1cc(Br)ccc1OCCNC(C1CC1)C1CC1. The van der Waals surface area contributed by atoms with Crippen LogP contribution in [-0.2, 0) is 0 Å². The van der Waals surface area contributed by atoms with E-state index in [1.54, 1.807) is 12.1 Å². The van der Waals surface area contributed by atoms with Crippen LogP contribution in [0.1, 0.15) is 25.7 Å². The predicted octanol–water partition coefficient (Wildman–Crippen LogP) is 3.75. The van der Waals surface area contributed by atoms with Crippen LogP contribution >= 0.6 is 15.9 Å². The zero-order chi connectivity index (χ0) is 13.2. The van der Waals surface area contributed by atoms with Crippen LogP contribution in [0.5, 0.6) is 5.75 Å². The molecule has 1 aromatic carbocycles. The van der Waals surface area contributed by atoms with E-state index in [1.807, 2.05) is 0 Å². The molecular formula is C15H19BrFNO. The van der Waals surface area contributed by atoms with Gasteiger partial charge < -0.3 is 10.1 Å². The first-order chi connectivity index (χ1) is 9.24. The monoisotopic (exact) mass is 327 g/mol. The molecule has 0 radical (unpaired) electrons. The molecule has 4 heteroatoms. The summed E-state index contributed by atoms with van der Waals surface area (Å²) >= 11 is 3.24. The molecule has 0 aromatic heterocycles. The molecule has 0 spiro atoms. The van der Waals surface area contributed by atoms with Crippen LogP contribution in [0.25, 0.3) is 0 Å². The van der Waals surface area contributed by atoms with Crippen LogP contribution in [0.3, 0.4) is 0 Å². The lowest BCUT2D eigenvalue weighted by Gasteiger charge is -2.17. The molecule has 2 fully saturated rings. The van der Waals surface area contributed by atoms with Crippen LogP contribution in [-0.4, -0.2) is 19.2 Å². The Morgan fingerprint density at radius 3 is 2.53 bits per heavy atom. The normalized spacial score (nSPS) is 18.9. The minimum absolute atomic E-state index is 0.310. The minimum Gasteiger partial charge on any atom is -0.489 e. The number of hydrogen-bond donors (Lipinski definition) is 1. The maximum atomic E-state index is 13.5. The highest BCUT2D eigenvalue weighted by Gasteiger charge is 2.40. The number of hydrogen-bond acceptors (Lipinski definition) is 2. The number of ether oxygens (including phenoxy) is 1. The summed E-state index contributed by atoms with van der Waals surface area (Å²) in [6.07, 6.45) is 5.49. The second-order valence-electron chi connectivity index (χ2n) is 5.58. The zero-order valence-electron chi connectivity index (χ0n) is 10.9. The van der Waals surface area contributed by atoms with Gasteiger partial charge in [-0.3, -0.25) is 0 Å². The van der Waals surface area contributed by atoms with E-state index in [1.165, 1.54) is 31.7 Å². The number of rotatable bonds is 7. The van der Waals surface area contributed by atoms with Gasteiger partial charge in [-0.25, -0.2) is 4.39 Å². The van der Waals surface area contributed by atoms with Gasteiger partial charge in [-0.05, 0) is 55.7 Å². The van der Waals surface area contributed by atoms with Gasteiger partial charge in [0.1, 0.15) is 6.61 Å². The Morgan fingerprint density at radius 1 is 1.26 bits per heavy atom. The molecule has 0 heterocycles. The predicted molar refractivity (Wildman–Crippen MR) is 76.8 cm³/mol.